The molecule has 3 aromatic rings. The molecule has 0 aliphatic heterocycles. The number of carbonyl (C=O) groups is 2. The normalized spacial score (nSPS) is 11.0. The summed E-state index contributed by atoms with van der Waals surface area (Å²) in [5.74, 6) is -1.35. The molecule has 2 aromatic carbocycles. The van der Waals surface area contributed by atoms with Gasteiger partial charge >= 0.3 is 5.97 Å². The molecule has 0 saturated heterocycles. The third kappa shape index (κ3) is 8.18. The molecule has 0 atom stereocenters. The zero-order chi connectivity index (χ0) is 25.0. The van der Waals surface area contributed by atoms with Gasteiger partial charge in [-0.15, -0.1) is 4.73 Å². The van der Waals surface area contributed by atoms with Gasteiger partial charge in [-0.2, -0.15) is 10.2 Å². The van der Waals surface area contributed by atoms with Crippen molar-refractivity contribution >= 4 is 23.3 Å². The number of unbranched alkanes of at least 4 members (excludes halogenated alkanes) is 2. The van der Waals surface area contributed by atoms with Crippen LogP contribution >= 0.6 is 0 Å². The van der Waals surface area contributed by atoms with Crippen molar-refractivity contribution in [2.75, 3.05) is 6.54 Å². The number of benzene rings is 2. The van der Waals surface area contributed by atoms with Gasteiger partial charge in [0.15, 0.2) is 0 Å². The number of nitrogens with zero attached hydrogens (tertiary/aromatic N) is 3. The van der Waals surface area contributed by atoms with E-state index in [4.69, 9.17) is 4.84 Å². The lowest BCUT2D eigenvalue weighted by atomic mass is 10.1. The van der Waals surface area contributed by atoms with Crippen molar-refractivity contribution in [2.45, 2.75) is 38.5 Å². The summed E-state index contributed by atoms with van der Waals surface area (Å²) in [5.41, 5.74) is 1.92. The van der Waals surface area contributed by atoms with E-state index in [1.165, 1.54) is 18.2 Å². The zero-order valence-corrected chi connectivity index (χ0v) is 19.1. The van der Waals surface area contributed by atoms with E-state index in [0.717, 1.165) is 5.69 Å². The van der Waals surface area contributed by atoms with Crippen molar-refractivity contribution < 1.29 is 29.7 Å². The van der Waals surface area contributed by atoms with Gasteiger partial charge < -0.3 is 25.5 Å². The van der Waals surface area contributed by atoms with Crippen LogP contribution in [0.3, 0.4) is 0 Å². The van der Waals surface area contributed by atoms with Gasteiger partial charge in [0.1, 0.15) is 5.75 Å². The van der Waals surface area contributed by atoms with Crippen molar-refractivity contribution in [1.29, 1.82) is 0 Å². The molecule has 1 amide bonds. The highest BCUT2D eigenvalue weighted by molar-refractivity contribution is 5.76. The smallest absolute Gasteiger partial charge is 0.333 e. The molecule has 0 aliphatic rings. The van der Waals surface area contributed by atoms with E-state index in [9.17, 15) is 24.9 Å². The van der Waals surface area contributed by atoms with Gasteiger partial charge in [0, 0.05) is 31.5 Å². The number of rotatable bonds is 12. The number of nitrogens with one attached hydrogen (secondary N) is 1. The van der Waals surface area contributed by atoms with Crippen LogP contribution in [0.5, 0.6) is 17.5 Å². The van der Waals surface area contributed by atoms with Gasteiger partial charge in [-0.05, 0) is 55.2 Å². The molecule has 0 fully saturated rings. The Kier molecular flexibility index (Phi) is 9.23. The summed E-state index contributed by atoms with van der Waals surface area (Å²) in [6, 6.07) is 16.6. The topological polar surface area (TPSA) is 146 Å². The van der Waals surface area contributed by atoms with Crippen LogP contribution in [0, 0.1) is 0 Å². The fraction of sp³-hybridized carbons (Fsp3) is 0.280. The van der Waals surface area contributed by atoms with Crippen molar-refractivity contribution in [3.05, 3.63) is 66.2 Å². The van der Waals surface area contributed by atoms with Gasteiger partial charge in [0.05, 0.1) is 11.4 Å². The minimum atomic E-state index is -0.582. The maximum Gasteiger partial charge on any atom is 0.333 e. The molecule has 1 heterocycles. The first-order valence-electron chi connectivity index (χ1n) is 11.3. The van der Waals surface area contributed by atoms with E-state index in [-0.39, 0.29) is 36.3 Å². The number of aromatic nitrogens is 1. The van der Waals surface area contributed by atoms with Crippen LogP contribution in [0.4, 0.5) is 11.4 Å². The Morgan fingerprint density at radius 3 is 2.29 bits per heavy atom. The predicted octanol–water partition coefficient (Wildman–Crippen LogP) is 4.28. The highest BCUT2D eigenvalue weighted by Gasteiger charge is 2.12. The van der Waals surface area contributed by atoms with Gasteiger partial charge in [-0.3, -0.25) is 4.79 Å². The number of amides is 1. The molecule has 1 aromatic heterocycles. The van der Waals surface area contributed by atoms with Crippen molar-refractivity contribution in [3.8, 4) is 17.5 Å². The highest BCUT2D eigenvalue weighted by atomic mass is 16.7. The highest BCUT2D eigenvalue weighted by Crippen LogP contribution is 2.26. The molecule has 0 bridgehead atoms. The molecule has 0 spiro atoms. The third-order valence-corrected chi connectivity index (χ3v) is 5.09. The van der Waals surface area contributed by atoms with Crippen LogP contribution in [0.1, 0.15) is 37.7 Å². The Bertz CT molecular complexity index is 1140. The first kappa shape index (κ1) is 25.3. The molecular formula is C25H28N4O6. The third-order valence-electron chi connectivity index (χ3n) is 5.09. The molecule has 0 unspecified atom stereocenters. The summed E-state index contributed by atoms with van der Waals surface area (Å²) in [4.78, 5) is 28.8. The number of carbonyl (C=O) groups excluding carboxylic acids is 2. The maximum absolute atomic E-state index is 12.1. The average Bonchev–Trinajstić information content (AvgIpc) is 3.17. The number of hydrogen-bond donors (Lipinski definition) is 4. The van der Waals surface area contributed by atoms with E-state index in [2.05, 4.69) is 15.5 Å². The summed E-state index contributed by atoms with van der Waals surface area (Å²) < 4.78 is 0.655. The summed E-state index contributed by atoms with van der Waals surface area (Å²) in [5, 5.41) is 40.1. The number of azo groups is 1. The maximum atomic E-state index is 12.1. The molecule has 10 nitrogen and oxygen atoms in total. The lowest BCUT2D eigenvalue weighted by Crippen LogP contribution is -2.24. The fourth-order valence-corrected chi connectivity index (χ4v) is 3.22. The molecular weight excluding hydrogens is 452 g/mol. The standard InChI is InChI=1S/C25H28N4O6/c30-21-12-11-20(28-27-19-7-3-1-4-8-19)17-18(21)10-13-22(31)26-16-6-2-5-9-25(34)35-29-23(32)14-15-24(29)33/h1,3-4,7-8,11-12,14-15,17,30,32-33H,2,5-6,9-10,13,16H2,(H,26,31). The minimum absolute atomic E-state index is 0.102. The lowest BCUT2D eigenvalue weighted by molar-refractivity contribution is -0.145. The Labute approximate surface area is 202 Å². The van der Waals surface area contributed by atoms with Crippen LogP contribution in [0.25, 0.3) is 0 Å². The first-order valence-corrected chi connectivity index (χ1v) is 11.3. The van der Waals surface area contributed by atoms with Crippen LogP contribution < -0.4 is 10.2 Å². The van der Waals surface area contributed by atoms with Crippen LogP contribution in [0.15, 0.2) is 70.9 Å². The van der Waals surface area contributed by atoms with Crippen molar-refractivity contribution in [1.82, 2.24) is 10.0 Å². The number of phenolic OH excluding ortho intramolecular Hbond substituents is 1. The zero-order valence-electron chi connectivity index (χ0n) is 19.1. The van der Waals surface area contributed by atoms with Crippen molar-refractivity contribution in [3.63, 3.8) is 0 Å². The van der Waals surface area contributed by atoms with Crippen LogP contribution in [0.2, 0.25) is 0 Å². The van der Waals surface area contributed by atoms with Gasteiger partial charge in [0.2, 0.25) is 17.7 Å². The molecule has 3 rings (SSSR count). The summed E-state index contributed by atoms with van der Waals surface area (Å²) >= 11 is 0. The number of aryl methyl sites for hydroxylation is 1. The Balaban J connectivity index is 1.32. The largest absolute Gasteiger partial charge is 0.508 e. The van der Waals surface area contributed by atoms with E-state index in [0.29, 0.717) is 48.2 Å². The van der Waals surface area contributed by atoms with Gasteiger partial charge in [-0.25, -0.2) is 4.79 Å². The first-order chi connectivity index (χ1) is 16.9. The predicted molar refractivity (Wildman–Crippen MR) is 128 cm³/mol. The van der Waals surface area contributed by atoms with E-state index in [1.54, 1.807) is 12.1 Å². The monoisotopic (exact) mass is 480 g/mol. The molecule has 10 heteroatoms. The molecule has 0 radical (unpaired) electrons. The van der Waals surface area contributed by atoms with E-state index < -0.39 is 5.97 Å². The number of phenols is 1. The molecule has 35 heavy (non-hydrogen) atoms. The molecule has 184 valence electrons. The summed E-state index contributed by atoms with van der Waals surface area (Å²) in [7, 11) is 0. The lowest BCUT2D eigenvalue weighted by Gasteiger charge is -2.08. The second-order valence-electron chi connectivity index (χ2n) is 7.82. The number of aromatic hydroxyl groups is 3. The van der Waals surface area contributed by atoms with Gasteiger partial charge in [0.25, 0.3) is 0 Å². The average molecular weight is 481 g/mol. The SMILES string of the molecule is O=C(CCc1cc(N=Nc2ccccc2)ccc1O)NCCCCCC(=O)On1c(O)ccc1O. The fourth-order valence-electron chi connectivity index (χ4n) is 3.22. The Morgan fingerprint density at radius 1 is 0.829 bits per heavy atom. The van der Waals surface area contributed by atoms with Crippen molar-refractivity contribution in [2.24, 2.45) is 10.2 Å². The summed E-state index contributed by atoms with van der Waals surface area (Å²) in [6.45, 7) is 0.463. The van der Waals surface area contributed by atoms with Crippen LogP contribution in [-0.4, -0.2) is 38.5 Å². The van der Waals surface area contributed by atoms with E-state index in [1.807, 2.05) is 30.3 Å². The van der Waals surface area contributed by atoms with E-state index >= 15 is 0 Å². The van der Waals surface area contributed by atoms with Crippen LogP contribution in [-0.2, 0) is 16.0 Å². The second-order valence-corrected chi connectivity index (χ2v) is 7.82. The molecule has 0 saturated carbocycles. The van der Waals surface area contributed by atoms with Gasteiger partial charge in [-0.1, -0.05) is 24.6 Å². The Morgan fingerprint density at radius 2 is 1.54 bits per heavy atom. The molecule has 4 N–H and O–H groups in total. The quantitative estimate of drug-likeness (QED) is 0.225. The molecule has 0 aliphatic carbocycles. The minimum Gasteiger partial charge on any atom is -0.508 e. The summed E-state index contributed by atoms with van der Waals surface area (Å²) in [6.07, 6.45) is 2.59. The number of hydrogen-bond acceptors (Lipinski definition) is 8. The second kappa shape index (κ2) is 12.8. The Hall–Kier alpha value is -4.34.